The Hall–Kier alpha value is -1.48. The zero-order valence-corrected chi connectivity index (χ0v) is 10.8. The molecule has 4 heteroatoms. The first kappa shape index (κ1) is 12.0. The number of halogens is 1. The molecular formula is C13H14ClNO2. The van der Waals surface area contributed by atoms with E-state index in [-0.39, 0.29) is 11.5 Å². The number of anilines is 1. The Labute approximate surface area is 105 Å². The lowest BCUT2D eigenvalue weighted by Gasteiger charge is -2.18. The Morgan fingerprint density at radius 3 is 2.71 bits per heavy atom. The van der Waals surface area contributed by atoms with Crippen LogP contribution in [0.15, 0.2) is 24.5 Å². The average molecular weight is 252 g/mol. The lowest BCUT2D eigenvalue weighted by Crippen LogP contribution is -2.16. The van der Waals surface area contributed by atoms with Crippen molar-refractivity contribution in [3.05, 3.63) is 35.0 Å². The van der Waals surface area contributed by atoms with Gasteiger partial charge in [-0.25, -0.2) is 0 Å². The van der Waals surface area contributed by atoms with Crippen LogP contribution in [0.1, 0.15) is 26.3 Å². The zero-order valence-electron chi connectivity index (χ0n) is 10.0. The van der Waals surface area contributed by atoms with Crippen molar-refractivity contribution in [2.75, 3.05) is 5.32 Å². The average Bonchev–Trinajstić information content (AvgIpc) is 2.48. The van der Waals surface area contributed by atoms with Gasteiger partial charge in [0, 0.05) is 10.6 Å². The highest BCUT2D eigenvalue weighted by Gasteiger charge is 2.25. The molecule has 0 saturated carbocycles. The second-order valence-electron chi connectivity index (χ2n) is 4.91. The molecule has 1 heterocycles. The van der Waals surface area contributed by atoms with Gasteiger partial charge in [0.05, 0.1) is 23.1 Å². The van der Waals surface area contributed by atoms with Gasteiger partial charge in [-0.05, 0) is 32.9 Å². The number of ether oxygens (including phenoxy) is 1. The fourth-order valence-corrected chi connectivity index (χ4v) is 1.69. The molecule has 1 aliphatic heterocycles. The number of carbonyl (C=O) groups excluding carboxylic acids is 1. The molecule has 1 aliphatic rings. The molecule has 3 nitrogen and oxygen atoms in total. The van der Waals surface area contributed by atoms with Gasteiger partial charge < -0.3 is 10.1 Å². The standard InChI is InChI=1S/C13H14ClNO2/c1-13(2,3)17-7-10-9-5-4-8(14)6-11(9)15-12(10)16/h4-7H,1-3H3,(H,15,16)/b10-7+. The molecule has 17 heavy (non-hydrogen) atoms. The maximum Gasteiger partial charge on any atom is 0.259 e. The van der Waals surface area contributed by atoms with Crippen molar-refractivity contribution in [3.8, 4) is 0 Å². The Kier molecular flexibility index (Phi) is 2.87. The van der Waals surface area contributed by atoms with Gasteiger partial charge >= 0.3 is 0 Å². The predicted octanol–water partition coefficient (Wildman–Crippen LogP) is 3.45. The minimum Gasteiger partial charge on any atom is -0.495 e. The van der Waals surface area contributed by atoms with Crippen molar-refractivity contribution in [2.45, 2.75) is 26.4 Å². The maximum absolute atomic E-state index is 11.8. The second kappa shape index (κ2) is 4.08. The third-order valence-corrected chi connectivity index (χ3v) is 2.53. The predicted molar refractivity (Wildman–Crippen MR) is 68.9 cm³/mol. The van der Waals surface area contributed by atoms with Crippen molar-refractivity contribution >= 4 is 28.8 Å². The van der Waals surface area contributed by atoms with Crippen LogP contribution >= 0.6 is 11.6 Å². The van der Waals surface area contributed by atoms with Gasteiger partial charge in [-0.2, -0.15) is 0 Å². The maximum atomic E-state index is 11.8. The number of benzene rings is 1. The highest BCUT2D eigenvalue weighted by molar-refractivity contribution is 6.34. The Morgan fingerprint density at radius 1 is 1.35 bits per heavy atom. The highest BCUT2D eigenvalue weighted by Crippen LogP contribution is 2.34. The molecule has 1 amide bonds. The first-order chi connectivity index (χ1) is 7.87. The number of amides is 1. The second-order valence-corrected chi connectivity index (χ2v) is 5.34. The molecular weight excluding hydrogens is 238 g/mol. The normalized spacial score (nSPS) is 16.9. The van der Waals surface area contributed by atoms with Crippen molar-refractivity contribution in [2.24, 2.45) is 0 Å². The van der Waals surface area contributed by atoms with Crippen LogP contribution in [-0.2, 0) is 9.53 Å². The van der Waals surface area contributed by atoms with Crippen LogP contribution in [0, 0.1) is 0 Å². The summed E-state index contributed by atoms with van der Waals surface area (Å²) < 4.78 is 5.51. The van der Waals surface area contributed by atoms with E-state index in [1.54, 1.807) is 12.1 Å². The van der Waals surface area contributed by atoms with Crippen molar-refractivity contribution < 1.29 is 9.53 Å². The zero-order chi connectivity index (χ0) is 12.6. The summed E-state index contributed by atoms with van der Waals surface area (Å²) in [5.74, 6) is -0.161. The molecule has 0 bridgehead atoms. The van der Waals surface area contributed by atoms with E-state index in [1.165, 1.54) is 6.26 Å². The van der Waals surface area contributed by atoms with Gasteiger partial charge in [0.2, 0.25) is 0 Å². The molecule has 0 aromatic heterocycles. The molecule has 2 rings (SSSR count). The van der Waals surface area contributed by atoms with Gasteiger partial charge in [-0.1, -0.05) is 17.7 Å². The lowest BCUT2D eigenvalue weighted by molar-refractivity contribution is -0.110. The molecule has 0 radical (unpaired) electrons. The number of hydrogen-bond acceptors (Lipinski definition) is 2. The number of hydrogen-bond donors (Lipinski definition) is 1. The van der Waals surface area contributed by atoms with Crippen molar-refractivity contribution in [3.63, 3.8) is 0 Å². The van der Waals surface area contributed by atoms with Crippen LogP contribution in [0.2, 0.25) is 5.02 Å². The van der Waals surface area contributed by atoms with Crippen LogP contribution in [0.4, 0.5) is 5.69 Å². The summed E-state index contributed by atoms with van der Waals surface area (Å²) >= 11 is 5.87. The van der Waals surface area contributed by atoms with Crippen LogP contribution in [0.5, 0.6) is 0 Å². The van der Waals surface area contributed by atoms with E-state index in [0.29, 0.717) is 10.6 Å². The van der Waals surface area contributed by atoms with E-state index in [9.17, 15) is 4.79 Å². The summed E-state index contributed by atoms with van der Waals surface area (Å²) in [5.41, 5.74) is 1.77. The Balaban J connectivity index is 2.35. The van der Waals surface area contributed by atoms with E-state index < -0.39 is 0 Å². The van der Waals surface area contributed by atoms with Gasteiger partial charge in [0.25, 0.3) is 5.91 Å². The van der Waals surface area contributed by atoms with Crippen molar-refractivity contribution in [1.29, 1.82) is 0 Å². The van der Waals surface area contributed by atoms with E-state index in [4.69, 9.17) is 16.3 Å². The van der Waals surface area contributed by atoms with Crippen LogP contribution in [0.25, 0.3) is 5.57 Å². The monoisotopic (exact) mass is 251 g/mol. The molecule has 1 aromatic carbocycles. The molecule has 0 aliphatic carbocycles. The third kappa shape index (κ3) is 2.61. The van der Waals surface area contributed by atoms with E-state index in [2.05, 4.69) is 5.32 Å². The fraction of sp³-hybridized carbons (Fsp3) is 0.308. The summed E-state index contributed by atoms with van der Waals surface area (Å²) in [4.78, 5) is 11.8. The number of fused-ring (bicyclic) bond motifs is 1. The Bertz CT molecular complexity index is 501. The molecule has 0 unspecified atom stereocenters. The van der Waals surface area contributed by atoms with Crippen molar-refractivity contribution in [1.82, 2.24) is 0 Å². The first-order valence-corrected chi connectivity index (χ1v) is 5.74. The van der Waals surface area contributed by atoms with Gasteiger partial charge in [0.15, 0.2) is 0 Å². The minimum atomic E-state index is -0.317. The molecule has 0 fully saturated rings. The van der Waals surface area contributed by atoms with E-state index in [0.717, 1.165) is 11.3 Å². The highest BCUT2D eigenvalue weighted by atomic mass is 35.5. The quantitative estimate of drug-likeness (QED) is 0.613. The lowest BCUT2D eigenvalue weighted by atomic mass is 10.1. The summed E-state index contributed by atoms with van der Waals surface area (Å²) in [6.07, 6.45) is 1.51. The largest absolute Gasteiger partial charge is 0.495 e. The minimum absolute atomic E-state index is 0.161. The molecule has 0 saturated heterocycles. The summed E-state index contributed by atoms with van der Waals surface area (Å²) in [6.45, 7) is 5.79. The summed E-state index contributed by atoms with van der Waals surface area (Å²) in [5, 5.41) is 3.35. The molecule has 1 aromatic rings. The fourth-order valence-electron chi connectivity index (χ4n) is 1.52. The van der Waals surface area contributed by atoms with Crippen LogP contribution in [0.3, 0.4) is 0 Å². The van der Waals surface area contributed by atoms with Gasteiger partial charge in [-0.15, -0.1) is 0 Å². The molecule has 0 spiro atoms. The van der Waals surface area contributed by atoms with E-state index >= 15 is 0 Å². The molecule has 1 N–H and O–H groups in total. The first-order valence-electron chi connectivity index (χ1n) is 5.36. The third-order valence-electron chi connectivity index (χ3n) is 2.29. The molecule has 90 valence electrons. The number of rotatable bonds is 1. The number of carbonyl (C=O) groups is 1. The number of nitrogens with one attached hydrogen (secondary N) is 1. The van der Waals surface area contributed by atoms with Crippen LogP contribution in [-0.4, -0.2) is 11.5 Å². The molecule has 0 atom stereocenters. The smallest absolute Gasteiger partial charge is 0.259 e. The Morgan fingerprint density at radius 2 is 2.06 bits per heavy atom. The van der Waals surface area contributed by atoms with Crippen LogP contribution < -0.4 is 5.32 Å². The van der Waals surface area contributed by atoms with E-state index in [1.807, 2.05) is 26.8 Å². The summed E-state index contributed by atoms with van der Waals surface area (Å²) in [6, 6.07) is 5.30. The summed E-state index contributed by atoms with van der Waals surface area (Å²) in [7, 11) is 0. The van der Waals surface area contributed by atoms with Gasteiger partial charge in [0.1, 0.15) is 0 Å². The SMILES string of the molecule is CC(C)(C)O/C=C1/C(=O)Nc2cc(Cl)ccc21. The van der Waals surface area contributed by atoms with Gasteiger partial charge in [-0.3, -0.25) is 4.79 Å². The topological polar surface area (TPSA) is 38.3 Å².